The maximum atomic E-state index is 2.61. The first-order valence-electron chi connectivity index (χ1n) is 6.13. The van der Waals surface area contributed by atoms with Crippen molar-refractivity contribution < 1.29 is 0 Å². The van der Waals surface area contributed by atoms with Gasteiger partial charge < -0.3 is 4.90 Å². The third-order valence-electron chi connectivity index (χ3n) is 4.00. The van der Waals surface area contributed by atoms with Gasteiger partial charge >= 0.3 is 0 Å². The molecule has 2 aliphatic rings. The van der Waals surface area contributed by atoms with Gasteiger partial charge in [-0.1, -0.05) is 20.8 Å². The second-order valence-corrected chi connectivity index (χ2v) is 6.74. The minimum absolute atomic E-state index is 0.514. The van der Waals surface area contributed by atoms with Crippen molar-refractivity contribution in [3.8, 4) is 0 Å². The highest BCUT2D eigenvalue weighted by Gasteiger charge is 2.52. The third kappa shape index (κ3) is 1.98. The van der Waals surface area contributed by atoms with Gasteiger partial charge in [-0.2, -0.15) is 0 Å². The van der Waals surface area contributed by atoms with Crippen LogP contribution < -0.4 is 0 Å². The standard InChI is InChI=1S/C13H25N/c1-12(2,3)10-13(7-8-13)11-6-5-9-14(11)4/h11H,5-10H2,1-4H3. The molecule has 1 heteroatoms. The molecule has 1 aliphatic heterocycles. The Morgan fingerprint density at radius 1 is 1.29 bits per heavy atom. The Bertz CT molecular complexity index is 210. The highest BCUT2D eigenvalue weighted by molar-refractivity contribution is 5.05. The number of rotatable bonds is 2. The van der Waals surface area contributed by atoms with Gasteiger partial charge in [0.1, 0.15) is 0 Å². The molecule has 0 spiro atoms. The summed E-state index contributed by atoms with van der Waals surface area (Å²) in [6.07, 6.45) is 7.27. The average molecular weight is 195 g/mol. The number of hydrogen-bond acceptors (Lipinski definition) is 1. The summed E-state index contributed by atoms with van der Waals surface area (Å²) in [5.41, 5.74) is 1.23. The van der Waals surface area contributed by atoms with Crippen LogP contribution in [0.1, 0.15) is 52.9 Å². The van der Waals surface area contributed by atoms with E-state index in [1.54, 1.807) is 0 Å². The van der Waals surface area contributed by atoms with Gasteiger partial charge in [0.25, 0.3) is 0 Å². The quantitative estimate of drug-likeness (QED) is 0.653. The first kappa shape index (κ1) is 10.5. The Hall–Kier alpha value is -0.0400. The van der Waals surface area contributed by atoms with Gasteiger partial charge in [0.2, 0.25) is 0 Å². The van der Waals surface area contributed by atoms with Crippen molar-refractivity contribution in [1.29, 1.82) is 0 Å². The van der Waals surface area contributed by atoms with Crippen LogP contribution >= 0.6 is 0 Å². The maximum absolute atomic E-state index is 2.61. The van der Waals surface area contributed by atoms with Gasteiger partial charge in [0.05, 0.1) is 0 Å². The van der Waals surface area contributed by atoms with Crippen LogP contribution in [0.5, 0.6) is 0 Å². The highest BCUT2D eigenvalue weighted by Crippen LogP contribution is 2.58. The van der Waals surface area contributed by atoms with Gasteiger partial charge in [-0.05, 0) is 56.5 Å². The van der Waals surface area contributed by atoms with E-state index in [2.05, 4.69) is 32.7 Å². The Labute approximate surface area is 88.9 Å². The molecular formula is C13H25N. The molecule has 0 aromatic rings. The largest absolute Gasteiger partial charge is 0.303 e. The lowest BCUT2D eigenvalue weighted by atomic mass is 9.78. The van der Waals surface area contributed by atoms with Gasteiger partial charge in [0, 0.05) is 6.04 Å². The molecule has 1 unspecified atom stereocenters. The summed E-state index contributed by atoms with van der Waals surface area (Å²) < 4.78 is 0. The summed E-state index contributed by atoms with van der Waals surface area (Å²) in [5, 5.41) is 0. The van der Waals surface area contributed by atoms with E-state index in [1.165, 1.54) is 38.6 Å². The Morgan fingerprint density at radius 3 is 2.29 bits per heavy atom. The van der Waals surface area contributed by atoms with E-state index in [0.717, 1.165) is 6.04 Å². The summed E-state index contributed by atoms with van der Waals surface area (Å²) in [4.78, 5) is 2.61. The molecule has 0 aromatic heterocycles. The predicted octanol–water partition coefficient (Wildman–Crippen LogP) is 3.30. The molecule has 0 aromatic carbocycles. The second kappa shape index (κ2) is 3.23. The molecule has 0 radical (unpaired) electrons. The number of likely N-dealkylation sites (tertiary alicyclic amines) is 1. The fourth-order valence-electron chi connectivity index (χ4n) is 3.53. The van der Waals surface area contributed by atoms with Crippen molar-refractivity contribution in [2.24, 2.45) is 10.8 Å². The fraction of sp³-hybridized carbons (Fsp3) is 1.00. The molecule has 14 heavy (non-hydrogen) atoms. The van der Waals surface area contributed by atoms with Gasteiger partial charge in [-0.3, -0.25) is 0 Å². The van der Waals surface area contributed by atoms with Crippen molar-refractivity contribution >= 4 is 0 Å². The Kier molecular flexibility index (Phi) is 2.42. The topological polar surface area (TPSA) is 3.24 Å². The zero-order chi connectivity index (χ0) is 10.4. The first-order chi connectivity index (χ1) is 6.43. The summed E-state index contributed by atoms with van der Waals surface area (Å²) in [5.74, 6) is 0. The lowest BCUT2D eigenvalue weighted by molar-refractivity contribution is 0.155. The fourth-order valence-corrected chi connectivity index (χ4v) is 3.53. The Morgan fingerprint density at radius 2 is 1.93 bits per heavy atom. The predicted molar refractivity (Wildman–Crippen MR) is 61.4 cm³/mol. The monoisotopic (exact) mass is 195 g/mol. The van der Waals surface area contributed by atoms with Crippen molar-refractivity contribution in [2.75, 3.05) is 13.6 Å². The van der Waals surface area contributed by atoms with Gasteiger partial charge in [-0.15, -0.1) is 0 Å². The molecule has 0 bridgehead atoms. The molecule has 2 rings (SSSR count). The van der Waals surface area contributed by atoms with Gasteiger partial charge in [-0.25, -0.2) is 0 Å². The molecule has 1 nitrogen and oxygen atoms in total. The molecule has 82 valence electrons. The third-order valence-corrected chi connectivity index (χ3v) is 4.00. The van der Waals surface area contributed by atoms with Crippen LogP contribution in [-0.4, -0.2) is 24.5 Å². The summed E-state index contributed by atoms with van der Waals surface area (Å²) in [7, 11) is 2.32. The van der Waals surface area contributed by atoms with Crippen LogP contribution in [-0.2, 0) is 0 Å². The minimum Gasteiger partial charge on any atom is -0.303 e. The lowest BCUT2D eigenvalue weighted by Gasteiger charge is -2.34. The van der Waals surface area contributed by atoms with Crippen LogP contribution in [0.15, 0.2) is 0 Å². The average Bonchev–Trinajstić information content (AvgIpc) is 2.62. The molecule has 0 N–H and O–H groups in total. The number of hydrogen-bond donors (Lipinski definition) is 0. The van der Waals surface area contributed by atoms with E-state index < -0.39 is 0 Å². The SMILES string of the molecule is CN1CCCC1C1(CC(C)(C)C)CC1. The molecule has 0 amide bonds. The summed E-state index contributed by atoms with van der Waals surface area (Å²) >= 11 is 0. The molecular weight excluding hydrogens is 170 g/mol. The summed E-state index contributed by atoms with van der Waals surface area (Å²) in [6.45, 7) is 8.50. The van der Waals surface area contributed by atoms with Crippen LogP contribution in [0.2, 0.25) is 0 Å². The van der Waals surface area contributed by atoms with E-state index >= 15 is 0 Å². The molecule has 1 atom stereocenters. The smallest absolute Gasteiger partial charge is 0.0149 e. The lowest BCUT2D eigenvalue weighted by Crippen LogP contribution is -2.36. The Balaban J connectivity index is 2.02. The van der Waals surface area contributed by atoms with Crippen molar-refractivity contribution in [2.45, 2.75) is 58.9 Å². The maximum Gasteiger partial charge on any atom is 0.0149 e. The zero-order valence-electron chi connectivity index (χ0n) is 10.3. The van der Waals surface area contributed by atoms with E-state index in [9.17, 15) is 0 Å². The zero-order valence-corrected chi connectivity index (χ0v) is 10.3. The van der Waals surface area contributed by atoms with E-state index in [-0.39, 0.29) is 0 Å². The van der Waals surface area contributed by atoms with Crippen molar-refractivity contribution in [3.05, 3.63) is 0 Å². The van der Waals surface area contributed by atoms with Crippen molar-refractivity contribution in [1.82, 2.24) is 4.90 Å². The van der Waals surface area contributed by atoms with Crippen LogP contribution in [0, 0.1) is 10.8 Å². The van der Waals surface area contributed by atoms with Crippen LogP contribution in [0.4, 0.5) is 0 Å². The summed E-state index contributed by atoms with van der Waals surface area (Å²) in [6, 6.07) is 0.904. The molecule has 2 fully saturated rings. The van der Waals surface area contributed by atoms with E-state index in [4.69, 9.17) is 0 Å². The van der Waals surface area contributed by atoms with Crippen LogP contribution in [0.3, 0.4) is 0 Å². The normalized spacial score (nSPS) is 32.1. The molecule has 1 aliphatic carbocycles. The molecule has 1 saturated carbocycles. The first-order valence-corrected chi connectivity index (χ1v) is 6.13. The van der Waals surface area contributed by atoms with Crippen molar-refractivity contribution in [3.63, 3.8) is 0 Å². The van der Waals surface area contributed by atoms with E-state index in [0.29, 0.717) is 10.8 Å². The minimum atomic E-state index is 0.514. The van der Waals surface area contributed by atoms with E-state index in [1.807, 2.05) is 0 Å². The number of nitrogens with zero attached hydrogens (tertiary/aromatic N) is 1. The van der Waals surface area contributed by atoms with Gasteiger partial charge in [0.15, 0.2) is 0 Å². The molecule has 1 saturated heterocycles. The van der Waals surface area contributed by atoms with Crippen LogP contribution in [0.25, 0.3) is 0 Å². The molecule has 1 heterocycles. The second-order valence-electron chi connectivity index (χ2n) is 6.74. The highest BCUT2D eigenvalue weighted by atomic mass is 15.2.